The third-order valence-corrected chi connectivity index (χ3v) is 1.18. The van der Waals surface area contributed by atoms with Crippen molar-refractivity contribution in [1.82, 2.24) is 9.97 Å². The molecule has 0 N–H and O–H groups in total. The van der Waals surface area contributed by atoms with E-state index in [-0.39, 0.29) is 10.4 Å². The van der Waals surface area contributed by atoms with Gasteiger partial charge >= 0.3 is 0 Å². The van der Waals surface area contributed by atoms with Crippen molar-refractivity contribution in [2.75, 3.05) is 0 Å². The molecule has 1 rings (SSSR count). The van der Waals surface area contributed by atoms with Gasteiger partial charge in [0, 0.05) is 12.3 Å². The average molecular weight is 208 g/mol. The molecule has 0 bridgehead atoms. The second-order valence-corrected chi connectivity index (χ2v) is 2.18. The van der Waals surface area contributed by atoms with Crippen molar-refractivity contribution in [3.05, 3.63) is 22.7 Å². The van der Waals surface area contributed by atoms with Crippen LogP contribution in [0.15, 0.2) is 10.9 Å². The Hall–Kier alpha value is -0.580. The second-order valence-electron chi connectivity index (χ2n) is 1.47. The Morgan fingerprint density at radius 3 is 2.70 bits per heavy atom. The van der Waals surface area contributed by atoms with Gasteiger partial charge in [-0.15, -0.1) is 0 Å². The van der Waals surface area contributed by atoms with E-state index < -0.39 is 6.43 Å². The molecule has 0 aliphatic carbocycles. The van der Waals surface area contributed by atoms with Gasteiger partial charge in [-0.1, -0.05) is 0 Å². The summed E-state index contributed by atoms with van der Waals surface area (Å²) >= 11 is 2.85. The fraction of sp³-hybridized carbons (Fsp3) is 0.200. The van der Waals surface area contributed by atoms with E-state index in [1.807, 2.05) is 0 Å². The summed E-state index contributed by atoms with van der Waals surface area (Å²) in [5, 5.41) is 0. The molecule has 0 fully saturated rings. The molecule has 0 amide bonds. The lowest BCUT2D eigenvalue weighted by Crippen LogP contribution is -1.91. The van der Waals surface area contributed by atoms with E-state index in [2.05, 4.69) is 32.0 Å². The molecule has 0 aliphatic rings. The lowest BCUT2D eigenvalue weighted by atomic mass is 10.4. The number of halogens is 3. The minimum Gasteiger partial charge on any atom is -0.230 e. The minimum atomic E-state index is -2.58. The largest absolute Gasteiger partial charge is 0.281 e. The number of rotatable bonds is 1. The summed E-state index contributed by atoms with van der Waals surface area (Å²) in [7, 11) is 0. The summed E-state index contributed by atoms with van der Waals surface area (Å²) in [6.07, 6.45) is -1.43. The summed E-state index contributed by atoms with van der Waals surface area (Å²) < 4.78 is 23.8. The number of aromatic nitrogens is 2. The van der Waals surface area contributed by atoms with Crippen LogP contribution in [-0.4, -0.2) is 9.97 Å². The highest BCUT2D eigenvalue weighted by atomic mass is 79.9. The van der Waals surface area contributed by atoms with Crippen LogP contribution in [0.4, 0.5) is 8.78 Å². The standard InChI is InChI=1S/C5H2BrF2N2/c6-5-9-2-1-3(10-5)4(7)8/h2,4H. The summed E-state index contributed by atoms with van der Waals surface area (Å²) in [6, 6.07) is 2.21. The van der Waals surface area contributed by atoms with Crippen molar-refractivity contribution in [3.8, 4) is 0 Å². The Kier molecular flexibility index (Phi) is 2.26. The molecule has 0 aliphatic heterocycles. The first-order valence-electron chi connectivity index (χ1n) is 2.38. The predicted molar refractivity (Wildman–Crippen MR) is 33.5 cm³/mol. The molecule has 0 saturated carbocycles. The van der Waals surface area contributed by atoms with E-state index in [1.165, 1.54) is 0 Å². The molecule has 5 heteroatoms. The summed E-state index contributed by atoms with van der Waals surface area (Å²) in [6.45, 7) is 0. The van der Waals surface area contributed by atoms with Crippen molar-refractivity contribution in [3.63, 3.8) is 0 Å². The van der Waals surface area contributed by atoms with Gasteiger partial charge in [0.25, 0.3) is 6.43 Å². The normalized spacial score (nSPS) is 10.4. The predicted octanol–water partition coefficient (Wildman–Crippen LogP) is 1.98. The summed E-state index contributed by atoms with van der Waals surface area (Å²) in [5.41, 5.74) is -0.387. The molecule has 0 spiro atoms. The molecule has 0 saturated heterocycles. The molecule has 2 nitrogen and oxygen atoms in total. The van der Waals surface area contributed by atoms with Crippen molar-refractivity contribution < 1.29 is 8.78 Å². The Morgan fingerprint density at radius 1 is 1.60 bits per heavy atom. The van der Waals surface area contributed by atoms with E-state index in [1.54, 1.807) is 0 Å². The van der Waals surface area contributed by atoms with Crippen LogP contribution in [0.25, 0.3) is 0 Å². The van der Waals surface area contributed by atoms with Gasteiger partial charge in [0.2, 0.25) is 0 Å². The monoisotopic (exact) mass is 207 g/mol. The van der Waals surface area contributed by atoms with E-state index in [0.717, 1.165) is 6.20 Å². The highest BCUT2D eigenvalue weighted by molar-refractivity contribution is 9.10. The maximum absolute atomic E-state index is 11.8. The zero-order valence-corrected chi connectivity index (χ0v) is 6.27. The molecule has 10 heavy (non-hydrogen) atoms. The number of hydrogen-bond acceptors (Lipinski definition) is 2. The Morgan fingerprint density at radius 2 is 2.30 bits per heavy atom. The number of alkyl halides is 2. The van der Waals surface area contributed by atoms with Gasteiger partial charge in [-0.3, -0.25) is 0 Å². The van der Waals surface area contributed by atoms with Gasteiger partial charge in [0.15, 0.2) is 4.73 Å². The van der Waals surface area contributed by atoms with Crippen LogP contribution in [0, 0.1) is 6.07 Å². The van der Waals surface area contributed by atoms with E-state index in [9.17, 15) is 8.78 Å². The van der Waals surface area contributed by atoms with Crippen LogP contribution in [0.2, 0.25) is 0 Å². The van der Waals surface area contributed by atoms with Crippen molar-refractivity contribution in [1.29, 1.82) is 0 Å². The van der Waals surface area contributed by atoms with Crippen molar-refractivity contribution in [2.24, 2.45) is 0 Å². The first-order chi connectivity index (χ1) is 4.70. The lowest BCUT2D eigenvalue weighted by Gasteiger charge is -1.95. The molecule has 1 aromatic heterocycles. The topological polar surface area (TPSA) is 25.8 Å². The van der Waals surface area contributed by atoms with Crippen molar-refractivity contribution in [2.45, 2.75) is 6.43 Å². The van der Waals surface area contributed by atoms with Gasteiger partial charge in [0.1, 0.15) is 5.69 Å². The summed E-state index contributed by atoms with van der Waals surface area (Å²) in [4.78, 5) is 6.91. The Bertz CT molecular complexity index is 229. The third-order valence-electron chi connectivity index (χ3n) is 0.803. The van der Waals surface area contributed by atoms with Crippen molar-refractivity contribution >= 4 is 15.9 Å². The zero-order valence-electron chi connectivity index (χ0n) is 4.68. The van der Waals surface area contributed by atoms with Gasteiger partial charge in [0.05, 0.1) is 0 Å². The maximum atomic E-state index is 11.8. The second kappa shape index (κ2) is 3.01. The first-order valence-corrected chi connectivity index (χ1v) is 3.17. The van der Waals surface area contributed by atoms with Crippen LogP contribution >= 0.6 is 15.9 Å². The smallest absolute Gasteiger partial charge is 0.230 e. The molecule has 1 radical (unpaired) electrons. The van der Waals surface area contributed by atoms with E-state index in [0.29, 0.717) is 0 Å². The van der Waals surface area contributed by atoms with Gasteiger partial charge in [-0.25, -0.2) is 18.7 Å². The van der Waals surface area contributed by atoms with E-state index >= 15 is 0 Å². The zero-order chi connectivity index (χ0) is 7.56. The van der Waals surface area contributed by atoms with Crippen LogP contribution < -0.4 is 0 Å². The molecule has 1 heterocycles. The van der Waals surface area contributed by atoms with Crippen LogP contribution in [-0.2, 0) is 0 Å². The Balaban J connectivity index is 2.96. The molecule has 0 unspecified atom stereocenters. The maximum Gasteiger partial charge on any atom is 0.281 e. The molecule has 1 aromatic rings. The fourth-order valence-corrected chi connectivity index (χ4v) is 0.717. The van der Waals surface area contributed by atoms with Crippen LogP contribution in [0.5, 0.6) is 0 Å². The third kappa shape index (κ3) is 1.70. The number of hydrogen-bond donors (Lipinski definition) is 0. The van der Waals surface area contributed by atoms with Gasteiger partial charge in [-0.05, 0) is 15.9 Å². The molecule has 0 aromatic carbocycles. The lowest BCUT2D eigenvalue weighted by molar-refractivity contribution is 0.145. The van der Waals surface area contributed by atoms with Crippen LogP contribution in [0.1, 0.15) is 12.1 Å². The highest BCUT2D eigenvalue weighted by Gasteiger charge is 2.08. The quantitative estimate of drug-likeness (QED) is 0.659. The van der Waals surface area contributed by atoms with Gasteiger partial charge in [-0.2, -0.15) is 0 Å². The molecular formula is C5H2BrF2N2. The van der Waals surface area contributed by atoms with E-state index in [4.69, 9.17) is 0 Å². The van der Waals surface area contributed by atoms with Crippen LogP contribution in [0.3, 0.4) is 0 Å². The SMILES string of the molecule is FC(F)c1[c]cnc(Br)n1. The number of nitrogens with zero attached hydrogens (tertiary/aromatic N) is 2. The highest BCUT2D eigenvalue weighted by Crippen LogP contribution is 2.15. The molecule has 0 atom stereocenters. The molecular weight excluding hydrogens is 206 g/mol. The first kappa shape index (κ1) is 7.53. The fourth-order valence-electron chi connectivity index (χ4n) is 0.424. The Labute approximate surface area is 64.4 Å². The average Bonchev–Trinajstić information content (AvgIpc) is 1.88. The minimum absolute atomic E-state index is 0.154. The summed E-state index contributed by atoms with van der Waals surface area (Å²) in [5.74, 6) is 0. The molecule has 53 valence electrons. The van der Waals surface area contributed by atoms with Gasteiger partial charge < -0.3 is 0 Å².